The number of pyridine rings is 1. The summed E-state index contributed by atoms with van der Waals surface area (Å²) in [5.74, 6) is -0.977. The number of anilines is 2. The van der Waals surface area contributed by atoms with Crippen LogP contribution in [0, 0.1) is 5.82 Å². The molecule has 0 saturated carbocycles. The van der Waals surface area contributed by atoms with Gasteiger partial charge in [-0.3, -0.25) is 9.59 Å². The predicted octanol–water partition coefficient (Wildman–Crippen LogP) is 4.62. The largest absolute Gasteiger partial charge is 0.463 e. The zero-order valence-corrected chi connectivity index (χ0v) is 17.1. The summed E-state index contributed by atoms with van der Waals surface area (Å²) in [4.78, 5) is 29.1. The highest BCUT2D eigenvalue weighted by Crippen LogP contribution is 2.28. The Kier molecular flexibility index (Phi) is 5.24. The van der Waals surface area contributed by atoms with Gasteiger partial charge in [0, 0.05) is 18.7 Å². The van der Waals surface area contributed by atoms with E-state index >= 15 is 0 Å². The fraction of sp³-hybridized carbons (Fsp3) is 0.182. The summed E-state index contributed by atoms with van der Waals surface area (Å²) in [7, 11) is 0. The van der Waals surface area contributed by atoms with E-state index in [1.807, 2.05) is 13.8 Å². The summed E-state index contributed by atoms with van der Waals surface area (Å²) in [5.41, 5.74) is 1.55. The second kappa shape index (κ2) is 8.02. The maximum Gasteiger partial charge on any atom is 0.256 e. The molecule has 0 unspecified atom stereocenters. The van der Waals surface area contributed by atoms with Crippen molar-refractivity contribution in [2.24, 2.45) is 0 Å². The minimum absolute atomic E-state index is 0.0135. The van der Waals surface area contributed by atoms with Crippen LogP contribution in [-0.4, -0.2) is 26.6 Å². The van der Waals surface area contributed by atoms with Gasteiger partial charge in [0.2, 0.25) is 5.91 Å². The van der Waals surface area contributed by atoms with Crippen LogP contribution < -0.4 is 10.6 Å². The Hall–Kier alpha value is -4.01. The second-order valence-corrected chi connectivity index (χ2v) is 7.28. The molecule has 0 aliphatic rings. The summed E-state index contributed by atoms with van der Waals surface area (Å²) in [6.45, 7) is 5.25. The second-order valence-electron chi connectivity index (χ2n) is 7.28. The molecule has 158 valence electrons. The molecule has 31 heavy (non-hydrogen) atoms. The number of hydrogen-bond donors (Lipinski definition) is 2. The molecule has 0 aliphatic carbocycles. The number of carbonyl (C=O) groups excluding carboxylic acids is 2. The molecule has 0 atom stereocenters. The Bertz CT molecular complexity index is 1280. The van der Waals surface area contributed by atoms with Gasteiger partial charge >= 0.3 is 0 Å². The smallest absolute Gasteiger partial charge is 0.256 e. The van der Waals surface area contributed by atoms with Gasteiger partial charge in [-0.05, 0) is 50.2 Å². The summed E-state index contributed by atoms with van der Waals surface area (Å²) in [6, 6.07) is 9.01. The van der Waals surface area contributed by atoms with Crippen molar-refractivity contribution in [1.29, 1.82) is 0 Å². The van der Waals surface area contributed by atoms with Gasteiger partial charge in [0.25, 0.3) is 5.91 Å². The van der Waals surface area contributed by atoms with Crippen LogP contribution in [0.15, 0.2) is 53.3 Å². The number of halogens is 1. The van der Waals surface area contributed by atoms with E-state index in [4.69, 9.17) is 4.42 Å². The molecule has 9 heteroatoms. The molecule has 1 aromatic carbocycles. The number of nitrogens with zero attached hydrogens (tertiary/aromatic N) is 3. The van der Waals surface area contributed by atoms with Crippen LogP contribution in [0.3, 0.4) is 0 Å². The Balaban J connectivity index is 1.78. The van der Waals surface area contributed by atoms with Gasteiger partial charge in [-0.1, -0.05) is 0 Å². The van der Waals surface area contributed by atoms with Crippen LogP contribution in [-0.2, 0) is 4.79 Å². The van der Waals surface area contributed by atoms with Crippen LogP contribution in [0.2, 0.25) is 0 Å². The molecule has 3 heterocycles. The van der Waals surface area contributed by atoms with Crippen molar-refractivity contribution in [3.63, 3.8) is 0 Å². The van der Waals surface area contributed by atoms with Gasteiger partial charge < -0.3 is 15.1 Å². The van der Waals surface area contributed by atoms with E-state index < -0.39 is 11.7 Å². The Morgan fingerprint density at radius 1 is 1.16 bits per heavy atom. The molecule has 4 aromatic rings. The van der Waals surface area contributed by atoms with Crippen molar-refractivity contribution in [3.8, 4) is 11.5 Å². The monoisotopic (exact) mass is 421 g/mol. The highest BCUT2D eigenvalue weighted by molar-refractivity contribution is 6.12. The molecule has 0 radical (unpaired) electrons. The van der Waals surface area contributed by atoms with Crippen molar-refractivity contribution in [2.75, 3.05) is 10.6 Å². The molecule has 2 N–H and O–H groups in total. The summed E-state index contributed by atoms with van der Waals surface area (Å²) >= 11 is 0. The minimum atomic E-state index is -0.628. The van der Waals surface area contributed by atoms with Crippen molar-refractivity contribution in [3.05, 3.63) is 60.2 Å². The number of furan rings is 1. The summed E-state index contributed by atoms with van der Waals surface area (Å²) in [5, 5.41) is 10.0. The number of aromatic nitrogens is 3. The van der Waals surface area contributed by atoms with Gasteiger partial charge in [0.05, 0.1) is 29.1 Å². The van der Waals surface area contributed by atoms with E-state index in [2.05, 4.69) is 20.7 Å². The first kappa shape index (κ1) is 20.3. The molecule has 0 saturated heterocycles. The standard InChI is InChI=1S/C22H20FN5O3/c1-12(2)28-21-16(11-24-28)15(10-19(26-21)20-5-4-8-31-20)22(30)27-18-9-14(25-13(3)29)6-7-17(18)23/h4-12H,1-3H3,(H,25,29)(H,27,30). The van der Waals surface area contributed by atoms with E-state index in [9.17, 15) is 14.0 Å². The number of carbonyl (C=O) groups is 2. The van der Waals surface area contributed by atoms with Crippen LogP contribution >= 0.6 is 0 Å². The van der Waals surface area contributed by atoms with E-state index in [1.165, 1.54) is 31.4 Å². The number of rotatable bonds is 5. The number of amides is 2. The first-order valence-electron chi connectivity index (χ1n) is 9.64. The zero-order valence-electron chi connectivity index (χ0n) is 17.1. The number of benzene rings is 1. The average Bonchev–Trinajstić information content (AvgIpc) is 3.39. The third kappa shape index (κ3) is 4.02. The lowest BCUT2D eigenvalue weighted by Crippen LogP contribution is -2.15. The SMILES string of the molecule is CC(=O)Nc1ccc(F)c(NC(=O)c2cc(-c3ccco3)nc3c2cnn3C(C)C)c1. The molecule has 8 nitrogen and oxygen atoms in total. The summed E-state index contributed by atoms with van der Waals surface area (Å²) in [6.07, 6.45) is 3.08. The zero-order chi connectivity index (χ0) is 22.1. The first-order valence-corrected chi connectivity index (χ1v) is 9.64. The lowest BCUT2D eigenvalue weighted by atomic mass is 10.1. The number of nitrogens with one attached hydrogen (secondary N) is 2. The van der Waals surface area contributed by atoms with Gasteiger partial charge in [0.1, 0.15) is 11.5 Å². The van der Waals surface area contributed by atoms with E-state index in [-0.39, 0.29) is 23.2 Å². The fourth-order valence-corrected chi connectivity index (χ4v) is 3.23. The van der Waals surface area contributed by atoms with Gasteiger partial charge in [-0.2, -0.15) is 5.10 Å². The molecule has 0 fully saturated rings. The van der Waals surface area contributed by atoms with Crippen molar-refractivity contribution >= 4 is 34.2 Å². The normalized spacial score (nSPS) is 11.1. The lowest BCUT2D eigenvalue weighted by molar-refractivity contribution is -0.114. The van der Waals surface area contributed by atoms with Gasteiger partial charge in [-0.15, -0.1) is 0 Å². The predicted molar refractivity (Wildman–Crippen MR) is 114 cm³/mol. The van der Waals surface area contributed by atoms with Crippen molar-refractivity contribution in [1.82, 2.24) is 14.8 Å². The lowest BCUT2D eigenvalue weighted by Gasteiger charge is -2.11. The molecular formula is C22H20FN5O3. The van der Waals surface area contributed by atoms with Crippen LogP contribution in [0.1, 0.15) is 37.2 Å². The highest BCUT2D eigenvalue weighted by atomic mass is 19.1. The first-order chi connectivity index (χ1) is 14.8. The van der Waals surface area contributed by atoms with Gasteiger partial charge in [-0.25, -0.2) is 14.1 Å². The molecule has 3 aromatic heterocycles. The number of fused-ring (bicyclic) bond motifs is 1. The van der Waals surface area contributed by atoms with Crippen LogP contribution in [0.4, 0.5) is 15.8 Å². The topological polar surface area (TPSA) is 102 Å². The Morgan fingerprint density at radius 2 is 1.97 bits per heavy atom. The maximum absolute atomic E-state index is 14.3. The minimum Gasteiger partial charge on any atom is -0.463 e. The quantitative estimate of drug-likeness (QED) is 0.489. The highest BCUT2D eigenvalue weighted by Gasteiger charge is 2.20. The van der Waals surface area contributed by atoms with E-state index in [0.29, 0.717) is 28.2 Å². The number of hydrogen-bond acceptors (Lipinski definition) is 5. The van der Waals surface area contributed by atoms with Crippen molar-refractivity contribution < 1.29 is 18.4 Å². The molecule has 2 amide bonds. The van der Waals surface area contributed by atoms with E-state index in [1.54, 1.807) is 29.1 Å². The Morgan fingerprint density at radius 3 is 2.65 bits per heavy atom. The third-order valence-electron chi connectivity index (χ3n) is 4.61. The molecule has 4 rings (SSSR count). The molecular weight excluding hydrogens is 401 g/mol. The van der Waals surface area contributed by atoms with Gasteiger partial charge in [0.15, 0.2) is 11.4 Å². The fourth-order valence-electron chi connectivity index (χ4n) is 3.23. The maximum atomic E-state index is 14.3. The van der Waals surface area contributed by atoms with Crippen molar-refractivity contribution in [2.45, 2.75) is 26.8 Å². The third-order valence-corrected chi connectivity index (χ3v) is 4.61. The molecule has 0 bridgehead atoms. The van der Waals surface area contributed by atoms with Crippen LogP contribution in [0.5, 0.6) is 0 Å². The summed E-state index contributed by atoms with van der Waals surface area (Å²) < 4.78 is 21.5. The Labute approximate surface area is 177 Å². The molecule has 0 aliphatic heterocycles. The van der Waals surface area contributed by atoms with Crippen LogP contribution in [0.25, 0.3) is 22.5 Å². The average molecular weight is 421 g/mol. The molecule has 0 spiro atoms. The van der Waals surface area contributed by atoms with E-state index in [0.717, 1.165) is 0 Å².